The molecule has 34 heavy (non-hydrogen) atoms. The van der Waals surface area contributed by atoms with E-state index in [1.54, 1.807) is 12.1 Å². The average Bonchev–Trinajstić information content (AvgIpc) is 3.07. The second-order valence-corrected chi connectivity index (χ2v) is 9.77. The van der Waals surface area contributed by atoms with Crippen molar-refractivity contribution in [3.05, 3.63) is 29.8 Å². The van der Waals surface area contributed by atoms with Crippen LogP contribution in [-0.2, 0) is 9.47 Å². The van der Waals surface area contributed by atoms with Gasteiger partial charge >= 0.3 is 0 Å². The lowest BCUT2D eigenvalue weighted by Gasteiger charge is -2.52. The van der Waals surface area contributed by atoms with Crippen molar-refractivity contribution in [1.82, 2.24) is 0 Å². The predicted molar refractivity (Wildman–Crippen MR) is 124 cm³/mol. The van der Waals surface area contributed by atoms with Crippen molar-refractivity contribution >= 4 is 5.90 Å². The van der Waals surface area contributed by atoms with Crippen LogP contribution in [0.4, 0.5) is 0 Å². The molecule has 1 aromatic carbocycles. The fourth-order valence-electron chi connectivity index (χ4n) is 6.05. The molecule has 0 spiro atoms. The first-order chi connectivity index (χ1) is 16.5. The van der Waals surface area contributed by atoms with E-state index >= 15 is 0 Å². The second-order valence-electron chi connectivity index (χ2n) is 9.77. The molecule has 3 aliphatic rings. The lowest BCUT2D eigenvalue weighted by atomic mass is 9.50. The number of nitrogens with one attached hydrogen (secondary N) is 1. The van der Waals surface area contributed by atoms with Crippen LogP contribution in [0.15, 0.2) is 24.3 Å². The van der Waals surface area contributed by atoms with Gasteiger partial charge in [-0.15, -0.1) is 0 Å². The maximum atomic E-state index is 10.4. The van der Waals surface area contributed by atoms with Gasteiger partial charge in [0.05, 0.1) is 30.7 Å². The molecule has 0 radical (unpaired) electrons. The van der Waals surface area contributed by atoms with Gasteiger partial charge in [-0.1, -0.05) is 51.7 Å². The molecule has 5 atom stereocenters. The van der Waals surface area contributed by atoms with Crippen molar-refractivity contribution in [2.45, 2.75) is 77.1 Å². The SMILES string of the molecule is CCCCCCOc1ccc(C2OC34CCC(CC)CC3C(C#N)(C(=N)O4)C2(C#N)C#N)cc1. The zero-order valence-electron chi connectivity index (χ0n) is 20.0. The van der Waals surface area contributed by atoms with E-state index in [0.717, 1.165) is 25.7 Å². The first-order valence-corrected chi connectivity index (χ1v) is 12.4. The Balaban J connectivity index is 1.68. The third-order valence-corrected chi connectivity index (χ3v) is 8.05. The highest BCUT2D eigenvalue weighted by atomic mass is 16.7. The summed E-state index contributed by atoms with van der Waals surface area (Å²) in [5.41, 5.74) is -2.97. The number of ether oxygens (including phenoxy) is 3. The number of hydrogen-bond donors (Lipinski definition) is 1. The van der Waals surface area contributed by atoms with E-state index in [1.807, 2.05) is 12.1 Å². The molecule has 7 nitrogen and oxygen atoms in total. The summed E-state index contributed by atoms with van der Waals surface area (Å²) in [7, 11) is 0. The molecular formula is C27H32N4O3. The van der Waals surface area contributed by atoms with Gasteiger partial charge in [0.2, 0.25) is 17.1 Å². The van der Waals surface area contributed by atoms with Gasteiger partial charge in [-0.05, 0) is 42.9 Å². The van der Waals surface area contributed by atoms with Crippen LogP contribution in [0.1, 0.15) is 76.9 Å². The van der Waals surface area contributed by atoms with Crippen LogP contribution in [-0.4, -0.2) is 18.3 Å². The highest BCUT2D eigenvalue weighted by molar-refractivity contribution is 5.89. The summed E-state index contributed by atoms with van der Waals surface area (Å²) in [5, 5.41) is 39.9. The first kappa shape index (κ1) is 24.1. The summed E-state index contributed by atoms with van der Waals surface area (Å²) in [6.07, 6.45) is 6.36. The van der Waals surface area contributed by atoms with Crippen molar-refractivity contribution in [2.75, 3.05) is 6.61 Å². The van der Waals surface area contributed by atoms with Gasteiger partial charge in [0.15, 0.2) is 5.41 Å². The quantitative estimate of drug-likeness (QED) is 0.490. The first-order valence-electron chi connectivity index (χ1n) is 12.4. The van der Waals surface area contributed by atoms with Gasteiger partial charge in [-0.25, -0.2) is 0 Å². The Morgan fingerprint density at radius 2 is 1.79 bits per heavy atom. The molecular weight excluding hydrogens is 428 g/mol. The number of nitrogens with zero attached hydrogens (tertiary/aromatic N) is 3. The maximum Gasteiger partial charge on any atom is 0.217 e. The Bertz CT molecular complexity index is 1040. The molecule has 0 aromatic heterocycles. The lowest BCUT2D eigenvalue weighted by Crippen LogP contribution is -2.61. The van der Waals surface area contributed by atoms with Gasteiger partial charge in [-0.2, -0.15) is 15.8 Å². The van der Waals surface area contributed by atoms with Crippen LogP contribution >= 0.6 is 0 Å². The molecule has 2 aliphatic heterocycles. The van der Waals surface area contributed by atoms with Gasteiger partial charge < -0.3 is 14.2 Å². The summed E-state index contributed by atoms with van der Waals surface area (Å²) >= 11 is 0. The van der Waals surface area contributed by atoms with Gasteiger partial charge in [0, 0.05) is 6.42 Å². The van der Waals surface area contributed by atoms with Crippen LogP contribution in [0.2, 0.25) is 0 Å². The largest absolute Gasteiger partial charge is 0.494 e. The molecule has 2 heterocycles. The molecule has 0 amide bonds. The summed E-state index contributed by atoms with van der Waals surface area (Å²) in [5.74, 6) is -0.956. The lowest BCUT2D eigenvalue weighted by molar-refractivity contribution is -0.299. The van der Waals surface area contributed by atoms with Crippen molar-refractivity contribution in [2.24, 2.45) is 22.7 Å². The number of unbranched alkanes of at least 4 members (excludes halogenated alkanes) is 3. The Morgan fingerprint density at radius 1 is 1.06 bits per heavy atom. The predicted octanol–water partition coefficient (Wildman–Crippen LogP) is 5.79. The molecule has 4 rings (SSSR count). The topological polar surface area (TPSA) is 123 Å². The van der Waals surface area contributed by atoms with Gasteiger partial charge in [0.25, 0.3) is 0 Å². The molecule has 7 heteroatoms. The number of hydrogen-bond acceptors (Lipinski definition) is 7. The van der Waals surface area contributed by atoms with Crippen LogP contribution in [0, 0.1) is 62.1 Å². The number of nitriles is 3. The second kappa shape index (κ2) is 9.28. The minimum absolute atomic E-state index is 0.311. The molecule has 1 aromatic rings. The summed E-state index contributed by atoms with van der Waals surface area (Å²) in [6, 6.07) is 13.7. The highest BCUT2D eigenvalue weighted by Crippen LogP contribution is 2.70. The minimum Gasteiger partial charge on any atom is -0.494 e. The Kier molecular flexibility index (Phi) is 6.57. The molecule has 3 fully saturated rings. The molecule has 5 unspecified atom stereocenters. The van der Waals surface area contributed by atoms with Crippen LogP contribution in [0.25, 0.3) is 0 Å². The van der Waals surface area contributed by atoms with Crippen LogP contribution in [0.3, 0.4) is 0 Å². The van der Waals surface area contributed by atoms with E-state index in [2.05, 4.69) is 32.1 Å². The normalized spacial score (nSPS) is 33.0. The third kappa shape index (κ3) is 3.36. The molecule has 1 aliphatic carbocycles. The van der Waals surface area contributed by atoms with Crippen molar-refractivity contribution in [1.29, 1.82) is 21.2 Å². The third-order valence-electron chi connectivity index (χ3n) is 8.05. The summed E-state index contributed by atoms with van der Waals surface area (Å²) in [6.45, 7) is 4.89. The highest BCUT2D eigenvalue weighted by Gasteiger charge is 2.80. The Morgan fingerprint density at radius 3 is 2.41 bits per heavy atom. The smallest absolute Gasteiger partial charge is 0.217 e. The molecule has 178 valence electrons. The summed E-state index contributed by atoms with van der Waals surface area (Å²) < 4.78 is 18.3. The standard InChI is InChI=1S/C27H32N4O3/c1-3-5-6-7-14-32-21-10-8-20(9-11-21)23-25(16-28,17-29)26(18-30)22-15-19(4-2)12-13-27(22,33-23)34-24(26)31/h8-11,19,22-23,31H,3-7,12-15H2,1-2H3. The monoisotopic (exact) mass is 460 g/mol. The van der Waals surface area contributed by atoms with E-state index < -0.39 is 28.6 Å². The fraction of sp³-hybridized carbons (Fsp3) is 0.630. The van der Waals surface area contributed by atoms with Crippen molar-refractivity contribution in [3.63, 3.8) is 0 Å². The van der Waals surface area contributed by atoms with Crippen LogP contribution < -0.4 is 4.74 Å². The number of benzene rings is 1. The zero-order valence-corrected chi connectivity index (χ0v) is 20.0. The van der Waals surface area contributed by atoms with E-state index in [9.17, 15) is 15.8 Å². The minimum atomic E-state index is -1.90. The molecule has 1 saturated carbocycles. The van der Waals surface area contributed by atoms with E-state index in [0.29, 0.717) is 36.7 Å². The van der Waals surface area contributed by atoms with Crippen molar-refractivity contribution in [3.8, 4) is 24.0 Å². The number of rotatable bonds is 8. The van der Waals surface area contributed by atoms with Gasteiger partial charge in [-0.3, -0.25) is 5.41 Å². The van der Waals surface area contributed by atoms with Crippen LogP contribution in [0.5, 0.6) is 5.75 Å². The summed E-state index contributed by atoms with van der Waals surface area (Å²) in [4.78, 5) is 0. The van der Waals surface area contributed by atoms with Gasteiger partial charge in [0.1, 0.15) is 11.9 Å². The van der Waals surface area contributed by atoms with E-state index in [-0.39, 0.29) is 5.90 Å². The fourth-order valence-corrected chi connectivity index (χ4v) is 6.05. The van der Waals surface area contributed by atoms with E-state index in [4.69, 9.17) is 19.6 Å². The van der Waals surface area contributed by atoms with Crippen molar-refractivity contribution < 1.29 is 14.2 Å². The molecule has 2 bridgehead atoms. The zero-order chi connectivity index (χ0) is 24.4. The molecule has 1 N–H and O–H groups in total. The maximum absolute atomic E-state index is 10.4. The molecule has 2 saturated heterocycles. The Hall–Kier alpha value is -3.08. The average molecular weight is 461 g/mol. The Labute approximate surface area is 201 Å². The van der Waals surface area contributed by atoms with E-state index in [1.165, 1.54) is 12.8 Å².